The molecule has 2 aromatic heterocycles. The minimum absolute atomic E-state index is 0.753. The van der Waals surface area contributed by atoms with Gasteiger partial charge >= 0.3 is 0 Å². The largest absolute Gasteiger partial charge is 0.264 e. The maximum atomic E-state index is 4.08. The van der Waals surface area contributed by atoms with Crippen LogP contribution >= 0.6 is 11.5 Å². The summed E-state index contributed by atoms with van der Waals surface area (Å²) in [4.78, 5) is 8.02. The van der Waals surface area contributed by atoms with Crippen molar-refractivity contribution in [3.63, 3.8) is 0 Å². The van der Waals surface area contributed by atoms with Gasteiger partial charge in [0.25, 0.3) is 0 Å². The molecule has 0 atom stereocenters. The van der Waals surface area contributed by atoms with Crippen molar-refractivity contribution < 1.29 is 0 Å². The molecule has 0 aliphatic heterocycles. The minimum Gasteiger partial charge on any atom is -0.264 e. The fraction of sp³-hybridized carbons (Fsp3) is 0. The van der Waals surface area contributed by atoms with E-state index in [1.54, 1.807) is 17.9 Å². The van der Waals surface area contributed by atoms with E-state index in [1.165, 1.54) is 11.5 Å². The summed E-state index contributed by atoms with van der Waals surface area (Å²) in [6.45, 7) is 0. The van der Waals surface area contributed by atoms with E-state index in [2.05, 4.69) is 14.3 Å². The number of nitrogens with zero attached hydrogens (tertiary/aromatic N) is 3. The summed E-state index contributed by atoms with van der Waals surface area (Å²) < 4.78 is 4.08. The van der Waals surface area contributed by atoms with Gasteiger partial charge in [-0.1, -0.05) is 0 Å². The molecule has 0 saturated carbocycles. The van der Waals surface area contributed by atoms with Gasteiger partial charge in [0, 0.05) is 18.0 Å². The monoisotopic (exact) mass is 163 g/mol. The van der Waals surface area contributed by atoms with Crippen LogP contribution in [0.2, 0.25) is 0 Å². The lowest BCUT2D eigenvalue weighted by atomic mass is 10.3. The van der Waals surface area contributed by atoms with Crippen molar-refractivity contribution in [1.29, 1.82) is 0 Å². The Hall–Kier alpha value is -1.29. The lowest BCUT2D eigenvalue weighted by Crippen LogP contribution is -1.79. The van der Waals surface area contributed by atoms with Crippen LogP contribution in [-0.2, 0) is 0 Å². The third-order valence-electron chi connectivity index (χ3n) is 1.28. The van der Waals surface area contributed by atoms with Crippen LogP contribution in [0.3, 0.4) is 0 Å². The summed E-state index contributed by atoms with van der Waals surface area (Å²) in [7, 11) is 0. The molecule has 0 spiro atoms. The molecule has 0 aromatic carbocycles. The summed E-state index contributed by atoms with van der Waals surface area (Å²) in [5, 5.41) is 0. The van der Waals surface area contributed by atoms with Crippen LogP contribution in [0.1, 0.15) is 0 Å². The average molecular weight is 163 g/mol. The molecule has 4 heteroatoms. The van der Waals surface area contributed by atoms with Crippen molar-refractivity contribution in [3.8, 4) is 11.4 Å². The molecule has 0 amide bonds. The van der Waals surface area contributed by atoms with Crippen LogP contribution in [0, 0.1) is 0 Å². The Morgan fingerprint density at radius 1 is 1.36 bits per heavy atom. The molecular formula is C7H5N3S. The van der Waals surface area contributed by atoms with E-state index >= 15 is 0 Å². The smallest absolute Gasteiger partial charge is 0.174 e. The molecule has 2 aromatic rings. The molecule has 3 nitrogen and oxygen atoms in total. The van der Waals surface area contributed by atoms with E-state index in [1.807, 2.05) is 12.1 Å². The predicted octanol–water partition coefficient (Wildman–Crippen LogP) is 1.60. The number of rotatable bonds is 1. The molecule has 0 radical (unpaired) electrons. The fourth-order valence-electron chi connectivity index (χ4n) is 0.793. The van der Waals surface area contributed by atoms with Crippen molar-refractivity contribution in [1.82, 2.24) is 14.3 Å². The van der Waals surface area contributed by atoms with Crippen molar-refractivity contribution >= 4 is 11.5 Å². The van der Waals surface area contributed by atoms with Gasteiger partial charge in [-0.05, 0) is 23.7 Å². The van der Waals surface area contributed by atoms with E-state index in [9.17, 15) is 0 Å². The van der Waals surface area contributed by atoms with Gasteiger partial charge in [-0.25, -0.2) is 4.98 Å². The van der Waals surface area contributed by atoms with E-state index < -0.39 is 0 Å². The van der Waals surface area contributed by atoms with Crippen LogP contribution in [0.4, 0.5) is 0 Å². The average Bonchev–Trinajstić information content (AvgIpc) is 2.58. The van der Waals surface area contributed by atoms with Crippen molar-refractivity contribution in [2.24, 2.45) is 0 Å². The lowest BCUT2D eigenvalue weighted by molar-refractivity contribution is 1.27. The van der Waals surface area contributed by atoms with Gasteiger partial charge in [-0.3, -0.25) is 4.98 Å². The first-order valence-corrected chi connectivity index (χ1v) is 3.97. The fourth-order valence-corrected chi connectivity index (χ4v) is 1.24. The molecule has 0 bridgehead atoms. The quantitative estimate of drug-likeness (QED) is 0.641. The van der Waals surface area contributed by atoms with Crippen LogP contribution in [0.15, 0.2) is 30.0 Å². The van der Waals surface area contributed by atoms with E-state index in [-0.39, 0.29) is 0 Å². The standard InChI is InChI=1S/C7H5N3S/c1-2-6(4-8-3-1)7-9-5-11-10-7/h1-5H. The number of hydrogen-bond acceptors (Lipinski definition) is 4. The van der Waals surface area contributed by atoms with Crippen LogP contribution < -0.4 is 0 Å². The maximum absolute atomic E-state index is 4.08. The van der Waals surface area contributed by atoms with Gasteiger partial charge < -0.3 is 0 Å². The molecule has 0 aliphatic rings. The first kappa shape index (κ1) is 6.42. The van der Waals surface area contributed by atoms with Gasteiger partial charge in [-0.2, -0.15) is 4.37 Å². The Bertz CT molecular complexity index is 317. The summed E-state index contributed by atoms with van der Waals surface area (Å²) in [5.74, 6) is 0.753. The summed E-state index contributed by atoms with van der Waals surface area (Å²) in [5.41, 5.74) is 2.68. The zero-order valence-electron chi connectivity index (χ0n) is 5.64. The molecule has 0 aliphatic carbocycles. The van der Waals surface area contributed by atoms with Gasteiger partial charge in [0.05, 0.1) is 0 Å². The normalized spacial score (nSPS) is 9.82. The first-order chi connectivity index (χ1) is 5.47. The predicted molar refractivity (Wildman–Crippen MR) is 43.1 cm³/mol. The molecule has 54 valence electrons. The van der Waals surface area contributed by atoms with Crippen LogP contribution in [0.25, 0.3) is 11.4 Å². The van der Waals surface area contributed by atoms with Gasteiger partial charge in [0.2, 0.25) is 0 Å². The first-order valence-electron chi connectivity index (χ1n) is 3.13. The minimum atomic E-state index is 0.753. The molecule has 0 unspecified atom stereocenters. The zero-order chi connectivity index (χ0) is 7.52. The van der Waals surface area contributed by atoms with E-state index in [0.29, 0.717) is 0 Å². The van der Waals surface area contributed by atoms with E-state index in [4.69, 9.17) is 0 Å². The van der Waals surface area contributed by atoms with Crippen molar-refractivity contribution in [3.05, 3.63) is 30.0 Å². The summed E-state index contributed by atoms with van der Waals surface area (Å²) in [6.07, 6.45) is 3.48. The summed E-state index contributed by atoms with van der Waals surface area (Å²) >= 11 is 1.35. The second kappa shape index (κ2) is 2.75. The molecular weight excluding hydrogens is 158 g/mol. The Balaban J connectivity index is 2.46. The van der Waals surface area contributed by atoms with Crippen molar-refractivity contribution in [2.45, 2.75) is 0 Å². The highest BCUT2D eigenvalue weighted by atomic mass is 32.1. The number of aromatic nitrogens is 3. The third-order valence-corrected chi connectivity index (χ3v) is 1.76. The summed E-state index contributed by atoms with van der Waals surface area (Å²) in [6, 6.07) is 3.81. The molecule has 0 saturated heterocycles. The van der Waals surface area contributed by atoms with Gasteiger partial charge in [0.15, 0.2) is 5.82 Å². The zero-order valence-corrected chi connectivity index (χ0v) is 6.45. The molecule has 2 heterocycles. The highest BCUT2D eigenvalue weighted by Gasteiger charge is 1.98. The molecule has 0 N–H and O–H groups in total. The van der Waals surface area contributed by atoms with E-state index in [0.717, 1.165) is 11.4 Å². The topological polar surface area (TPSA) is 38.7 Å². The third kappa shape index (κ3) is 1.25. The Labute approximate surface area is 67.9 Å². The Kier molecular flexibility index (Phi) is 1.61. The number of hydrogen-bond donors (Lipinski definition) is 0. The lowest BCUT2D eigenvalue weighted by Gasteiger charge is -1.89. The Morgan fingerprint density at radius 2 is 2.36 bits per heavy atom. The molecule has 0 fully saturated rings. The van der Waals surface area contributed by atoms with Gasteiger partial charge in [0.1, 0.15) is 5.51 Å². The SMILES string of the molecule is c1cncc(-c2ncsn2)c1. The molecule has 2 rings (SSSR count). The highest BCUT2D eigenvalue weighted by molar-refractivity contribution is 7.03. The van der Waals surface area contributed by atoms with Crippen molar-refractivity contribution in [2.75, 3.05) is 0 Å². The molecule has 11 heavy (non-hydrogen) atoms. The second-order valence-electron chi connectivity index (χ2n) is 2.00. The number of pyridine rings is 1. The van der Waals surface area contributed by atoms with Crippen LogP contribution in [-0.4, -0.2) is 14.3 Å². The van der Waals surface area contributed by atoms with Gasteiger partial charge in [-0.15, -0.1) is 0 Å². The Morgan fingerprint density at radius 3 is 3.00 bits per heavy atom. The van der Waals surface area contributed by atoms with Crippen LogP contribution in [0.5, 0.6) is 0 Å². The highest BCUT2D eigenvalue weighted by Crippen LogP contribution is 2.12. The second-order valence-corrected chi connectivity index (χ2v) is 2.60. The maximum Gasteiger partial charge on any atom is 0.174 e.